The predicted molar refractivity (Wildman–Crippen MR) is 465 cm³/mol. The van der Waals surface area contributed by atoms with Crippen LogP contribution in [0.3, 0.4) is 0 Å². The summed E-state index contributed by atoms with van der Waals surface area (Å²) in [5, 5.41) is 0. The van der Waals surface area contributed by atoms with Crippen molar-refractivity contribution in [2.24, 2.45) is 11.8 Å². The van der Waals surface area contributed by atoms with E-state index in [4.69, 9.17) is 14.2 Å². The topological polar surface area (TPSA) is 54.0 Å². The zero-order valence-electron chi connectivity index (χ0n) is 39.7. The van der Waals surface area contributed by atoms with Gasteiger partial charge >= 0.3 is 5.97 Å². The monoisotopic (exact) mass is 1730 g/mol. The Morgan fingerprint density at radius 2 is 0.831 bits per heavy atom. The van der Waals surface area contributed by atoms with Gasteiger partial charge < -0.3 is 18.9 Å². The number of methoxy groups -OCH3 is 2. The quantitative estimate of drug-likeness (QED) is 0.0483. The average molecular weight is 1730 g/mol. The molecule has 414 valence electrons. The summed E-state index contributed by atoms with van der Waals surface area (Å²) in [4.78, 5) is 11.1. The molecule has 46 heteroatoms. The van der Waals surface area contributed by atoms with Gasteiger partial charge in [0.05, 0.1) is 52.8 Å². The third kappa shape index (κ3) is 41.4. The second-order valence-electron chi connectivity index (χ2n) is 13.1. The lowest BCUT2D eigenvalue weighted by atomic mass is 10.2. The molecule has 27 atom stereocenters. The van der Waals surface area contributed by atoms with Gasteiger partial charge in [-0.2, -0.15) is 0 Å². The molecule has 0 aliphatic rings. The lowest BCUT2D eigenvalue weighted by Gasteiger charge is -2.46. The maximum Gasteiger partial charge on any atom is 0.310 e. The highest BCUT2D eigenvalue weighted by Gasteiger charge is 2.43. The average Bonchev–Trinajstić information content (AvgIpc) is 3.28. The molecule has 0 aliphatic carbocycles. The van der Waals surface area contributed by atoms with E-state index in [2.05, 4.69) is 220 Å². The van der Waals surface area contributed by atoms with Crippen molar-refractivity contribution in [1.82, 2.24) is 0 Å². The summed E-state index contributed by atoms with van der Waals surface area (Å²) >= 11 is 0. The molecule has 0 fully saturated rings. The van der Waals surface area contributed by atoms with Crippen molar-refractivity contribution in [2.75, 3.05) is 27.4 Å². The molecule has 0 spiro atoms. The van der Waals surface area contributed by atoms with E-state index in [0.29, 0.717) is 25.7 Å². The van der Waals surface area contributed by atoms with Crippen LogP contribution >= 0.6 is 330 Å². The van der Waals surface area contributed by atoms with Gasteiger partial charge in [0.15, 0.2) is 0 Å². The van der Waals surface area contributed by atoms with E-state index in [0.717, 1.165) is 20.1 Å². The highest BCUT2D eigenvalue weighted by Crippen LogP contribution is 3.32. The van der Waals surface area contributed by atoms with Crippen molar-refractivity contribution >= 4 is 336 Å². The lowest BCUT2D eigenvalue weighted by Crippen LogP contribution is -2.18. The number of carbonyl (C=O) groups is 1. The number of esters is 1. The van der Waals surface area contributed by atoms with Crippen molar-refractivity contribution in [2.45, 2.75) is 27.1 Å². The predicted octanol–water partition coefficient (Wildman–Crippen LogP) is 28.3. The molecular weight excluding hydrogens is 1650 g/mol. The minimum atomic E-state index is -0.233. The Balaban J connectivity index is 0. The largest absolute Gasteiger partial charge is 0.505 e. The van der Waals surface area contributed by atoms with Crippen LogP contribution in [0.15, 0.2) is 73.0 Å². The molecule has 25 unspecified atom stereocenters. The molecule has 0 aromatic heterocycles. The molecule has 2 aromatic rings. The summed E-state index contributed by atoms with van der Waals surface area (Å²) < 4.78 is 20.4. The molecule has 0 heterocycles. The molecule has 0 saturated heterocycles. The minimum Gasteiger partial charge on any atom is -0.505 e. The Morgan fingerprint density at radius 1 is 0.493 bits per heavy atom. The van der Waals surface area contributed by atoms with Crippen LogP contribution in [0.25, 0.3) is 0 Å². The lowest BCUT2D eigenvalue weighted by molar-refractivity contribution is -0.147. The van der Waals surface area contributed by atoms with Crippen molar-refractivity contribution in [3.05, 3.63) is 84.1 Å². The summed E-state index contributed by atoms with van der Waals surface area (Å²) in [7, 11) is 73.7. The fourth-order valence-corrected chi connectivity index (χ4v) is 483. The van der Waals surface area contributed by atoms with Crippen LogP contribution in [0.1, 0.15) is 25.0 Å². The second-order valence-corrected chi connectivity index (χ2v) is 173. The number of carbonyl (C=O) groups excluding carboxylic acids is 1. The number of rotatable bonds is 28. The summed E-state index contributed by atoms with van der Waals surface area (Å²) in [5.41, 5.74) is 2.31. The van der Waals surface area contributed by atoms with E-state index >= 15 is 0 Å². The van der Waals surface area contributed by atoms with Gasteiger partial charge in [0.1, 0.15) is 0 Å². The SMILES string of the molecule is COC(=O)[C@H](C)COCc1ccccc1.COC=C[C@H](C)COCc1ccccc1.PP(P)P(P)P(P(P(P)P)P(P)P)P(P(P)P)P(P)P.PPP(P(P)P)P(P(P(P)P)P(P)P)P(P(P)P)P(P)P. The zero-order chi connectivity index (χ0) is 55.1. The molecular formula is C25H79O5P41. The molecule has 0 bridgehead atoms. The van der Waals surface area contributed by atoms with Gasteiger partial charge in [0, 0.05) is 5.92 Å². The van der Waals surface area contributed by atoms with E-state index in [1.54, 1.807) is 20.3 Å². The van der Waals surface area contributed by atoms with E-state index in [1.165, 1.54) is 12.7 Å². The highest BCUT2D eigenvalue weighted by molar-refractivity contribution is 9.38. The van der Waals surface area contributed by atoms with Gasteiger partial charge in [-0.3, -0.25) is 4.79 Å². The summed E-state index contributed by atoms with van der Waals surface area (Å²) in [6.45, 7) is 7.62. The Kier molecular flexibility index (Phi) is 67.5. The van der Waals surface area contributed by atoms with Gasteiger partial charge in [-0.1, -0.05) is 75.5 Å². The van der Waals surface area contributed by atoms with Crippen molar-refractivity contribution in [3.8, 4) is 0 Å². The number of hydrogen-bond acceptors (Lipinski definition) is 5. The molecule has 0 N–H and O–H groups in total. The summed E-state index contributed by atoms with van der Waals surface area (Å²) in [6, 6.07) is 20.0. The molecule has 0 radical (unpaired) electrons. The third-order valence-electron chi connectivity index (χ3n) is 7.33. The van der Waals surface area contributed by atoms with Crippen LogP contribution in [-0.4, -0.2) is 33.4 Å². The van der Waals surface area contributed by atoms with Crippen LogP contribution in [0.5, 0.6) is 0 Å². The maximum absolute atomic E-state index is 11.1. The van der Waals surface area contributed by atoms with Gasteiger partial charge in [-0.05, 0) is 150 Å². The molecule has 0 saturated carbocycles. The Bertz CT molecular complexity index is 1550. The van der Waals surface area contributed by atoms with E-state index in [9.17, 15) is 4.79 Å². The van der Waals surface area contributed by atoms with Crippen LogP contribution in [0.2, 0.25) is 0 Å². The molecule has 2 aromatic carbocycles. The maximum atomic E-state index is 11.1. The van der Waals surface area contributed by atoms with Gasteiger partial charge in [-0.25, -0.2) is 0 Å². The van der Waals surface area contributed by atoms with Gasteiger partial charge in [0.25, 0.3) is 0 Å². The van der Waals surface area contributed by atoms with Crippen LogP contribution in [0, 0.1) is 11.8 Å². The first-order valence-corrected chi connectivity index (χ1v) is 92.3. The number of benzene rings is 2. The smallest absolute Gasteiger partial charge is 0.310 e. The first-order chi connectivity index (χ1) is 33.1. The Morgan fingerprint density at radius 3 is 1.11 bits per heavy atom. The van der Waals surface area contributed by atoms with Crippen molar-refractivity contribution < 1.29 is 23.7 Å². The highest BCUT2D eigenvalue weighted by atomic mass is 33.4. The minimum absolute atomic E-state index is 0.0247. The summed E-state index contributed by atoms with van der Waals surface area (Å²) in [5.74, 6) is -0.0598. The van der Waals surface area contributed by atoms with Crippen molar-refractivity contribution in [3.63, 3.8) is 0 Å². The number of hydrogen-bond donors (Lipinski definition) is 0. The van der Waals surface area contributed by atoms with Crippen molar-refractivity contribution in [1.29, 1.82) is 0 Å². The molecule has 0 aliphatic heterocycles. The summed E-state index contributed by atoms with van der Waals surface area (Å²) in [6.07, 6.45) is 3.68. The fourth-order valence-electron chi connectivity index (χ4n) is 4.38. The van der Waals surface area contributed by atoms with E-state index in [-0.39, 0.29) is 138 Å². The van der Waals surface area contributed by atoms with Gasteiger partial charge in [0.2, 0.25) is 0 Å². The molecule has 71 heavy (non-hydrogen) atoms. The van der Waals surface area contributed by atoms with Crippen LogP contribution < -0.4 is 0 Å². The first-order valence-electron chi connectivity index (χ1n) is 19.2. The second kappa shape index (κ2) is 54.4. The number of ether oxygens (including phenoxy) is 4. The van der Waals surface area contributed by atoms with E-state index in [1.807, 2.05) is 54.6 Å². The first kappa shape index (κ1) is 88.1. The zero-order valence-corrected chi connectivity index (χ0v) is 82.2. The normalized spacial score (nSPS) is 14.2. The standard InChI is InChI=1S/C13H18O2.C12H16O3.H23P21.H22P20/c1-12(8-9-14-2)10-15-11-13-6-4-3-5-7-13;1-10(12(13)14-2)8-15-9-11-6-4-3-5-7-11;1-12-18(13(2)3)21(19(14(4)5)15(6)7)20(16(8)9)17(10)11;1-12(2)17(11)20(18(13(3)4)14(5)6)19(15(7)8)16(9)10/h3-9,12H,10-11H2,1-2H3;3-7,10H,8-9H2,1-2H3;12H,1-11H2;1-11H2/t12-;10-;;/m01../s1. The van der Waals surface area contributed by atoms with Crippen LogP contribution in [0.4, 0.5) is 0 Å². The van der Waals surface area contributed by atoms with Crippen LogP contribution in [-0.2, 0) is 37.0 Å². The Labute approximate surface area is 504 Å². The molecule has 0 amide bonds. The fraction of sp³-hybridized carbons (Fsp3) is 0.400. The van der Waals surface area contributed by atoms with Gasteiger partial charge in [-0.15, -0.1) is 196 Å². The third-order valence-corrected chi connectivity index (χ3v) is 265. The molecule has 5 nitrogen and oxygen atoms in total. The Hall–Kier alpha value is 15.0. The molecule has 2 rings (SSSR count). The van der Waals surface area contributed by atoms with E-state index < -0.39 is 0 Å².